The molecular formula is C24H34O4Se. The van der Waals surface area contributed by atoms with Gasteiger partial charge in [0.05, 0.1) is 0 Å². The molecule has 160 valence electrons. The van der Waals surface area contributed by atoms with E-state index >= 15 is 0 Å². The first kappa shape index (κ1) is 23.7. The second-order valence-corrected chi connectivity index (χ2v) is 12.0. The van der Waals surface area contributed by atoms with Gasteiger partial charge in [-0.15, -0.1) is 0 Å². The molecule has 5 heteroatoms. The molecule has 1 aromatic rings. The summed E-state index contributed by atoms with van der Waals surface area (Å²) in [5.41, 5.74) is -1.44. The molecule has 1 aliphatic carbocycles. The fourth-order valence-electron chi connectivity index (χ4n) is 3.41. The molecule has 4 nitrogen and oxygen atoms in total. The molecule has 1 atom stereocenters. The van der Waals surface area contributed by atoms with Gasteiger partial charge in [-0.3, -0.25) is 0 Å². The van der Waals surface area contributed by atoms with Crippen LogP contribution in [0.1, 0.15) is 60.8 Å². The third-order valence-corrected chi connectivity index (χ3v) is 7.19. The topological polar surface area (TPSA) is 52.6 Å². The molecule has 0 radical (unpaired) electrons. The zero-order valence-electron chi connectivity index (χ0n) is 18.5. The van der Waals surface area contributed by atoms with Gasteiger partial charge in [-0.2, -0.15) is 0 Å². The van der Waals surface area contributed by atoms with Crippen LogP contribution in [0.25, 0.3) is 0 Å². The molecule has 0 heterocycles. The minimum absolute atomic E-state index is 0.126. The first-order valence-corrected chi connectivity index (χ1v) is 12.2. The van der Waals surface area contributed by atoms with Crippen molar-refractivity contribution in [1.29, 1.82) is 0 Å². The molecule has 1 aromatic carbocycles. The third kappa shape index (κ3) is 6.72. The van der Waals surface area contributed by atoms with E-state index in [-0.39, 0.29) is 5.92 Å². The second kappa shape index (κ2) is 9.05. The molecule has 0 aromatic heterocycles. The summed E-state index contributed by atoms with van der Waals surface area (Å²) in [6.07, 6.45) is 1.61. The summed E-state index contributed by atoms with van der Waals surface area (Å²) < 4.78 is 12.6. The van der Waals surface area contributed by atoms with Crippen molar-refractivity contribution < 1.29 is 19.1 Å². The number of hydrogen-bond acceptors (Lipinski definition) is 4. The van der Waals surface area contributed by atoms with Gasteiger partial charge in [-0.05, 0) is 0 Å². The Bertz CT molecular complexity index is 712. The molecule has 1 unspecified atom stereocenters. The van der Waals surface area contributed by atoms with E-state index in [1.165, 1.54) is 4.46 Å². The summed E-state index contributed by atoms with van der Waals surface area (Å²) in [6, 6.07) is 10.4. The van der Waals surface area contributed by atoms with Crippen molar-refractivity contribution in [3.05, 3.63) is 42.5 Å². The van der Waals surface area contributed by atoms with Crippen LogP contribution >= 0.6 is 0 Å². The average Bonchev–Trinajstić information content (AvgIpc) is 3.04. The van der Waals surface area contributed by atoms with Crippen LogP contribution < -0.4 is 4.46 Å². The van der Waals surface area contributed by atoms with Gasteiger partial charge in [-0.25, -0.2) is 0 Å². The maximum absolute atomic E-state index is 13.1. The molecule has 0 N–H and O–H groups in total. The molecule has 0 aliphatic heterocycles. The van der Waals surface area contributed by atoms with Crippen LogP contribution in [-0.2, 0) is 19.1 Å². The summed E-state index contributed by atoms with van der Waals surface area (Å²) in [7, 11) is 0. The van der Waals surface area contributed by atoms with Gasteiger partial charge in [0.25, 0.3) is 0 Å². The molecule has 0 spiro atoms. The number of carbonyl (C=O) groups excluding carboxylic acids is 2. The number of carbonyl (C=O) groups is 2. The third-order valence-electron chi connectivity index (χ3n) is 4.84. The standard InChI is InChI=1S/C24H34O4Se/c1-17(16-29-19-11-9-8-10-12-19)18-13-14-24(15-18,20(25)27-22(2,3)4)21(26)28-23(5,6)7/h8-12,18H,1,13-16H2,2-7H3. The minimum atomic E-state index is -1.24. The first-order valence-electron chi connectivity index (χ1n) is 10.1. The number of hydrogen-bond donors (Lipinski definition) is 0. The van der Waals surface area contributed by atoms with Gasteiger partial charge >= 0.3 is 182 Å². The normalized spacial score (nSPS) is 18.9. The summed E-state index contributed by atoms with van der Waals surface area (Å²) in [5.74, 6) is -0.813. The Balaban J connectivity index is 2.14. The van der Waals surface area contributed by atoms with Gasteiger partial charge in [0, 0.05) is 0 Å². The maximum atomic E-state index is 13.1. The number of benzene rings is 1. The number of ether oxygens (including phenoxy) is 2. The fourth-order valence-corrected chi connectivity index (χ4v) is 5.38. The Kier molecular flexibility index (Phi) is 7.40. The first-order chi connectivity index (χ1) is 13.3. The molecular weight excluding hydrogens is 431 g/mol. The van der Waals surface area contributed by atoms with E-state index in [1.54, 1.807) is 0 Å². The van der Waals surface area contributed by atoms with Crippen LogP contribution in [0.15, 0.2) is 42.5 Å². The monoisotopic (exact) mass is 466 g/mol. The van der Waals surface area contributed by atoms with Crippen LogP contribution in [0.4, 0.5) is 0 Å². The molecule has 0 bridgehead atoms. The van der Waals surface area contributed by atoms with E-state index < -0.39 is 28.6 Å². The van der Waals surface area contributed by atoms with Crippen molar-refractivity contribution in [2.45, 2.75) is 77.3 Å². The van der Waals surface area contributed by atoms with Gasteiger partial charge in [-0.1, -0.05) is 0 Å². The van der Waals surface area contributed by atoms with Crippen molar-refractivity contribution in [2.75, 3.05) is 0 Å². The molecule has 1 aliphatic rings. The Labute approximate surface area is 181 Å². The molecule has 0 saturated heterocycles. The van der Waals surface area contributed by atoms with Crippen LogP contribution in [0, 0.1) is 11.3 Å². The van der Waals surface area contributed by atoms with E-state index in [4.69, 9.17) is 9.47 Å². The summed E-state index contributed by atoms with van der Waals surface area (Å²) in [6.45, 7) is 15.2. The Hall–Kier alpha value is -1.58. The van der Waals surface area contributed by atoms with E-state index in [0.29, 0.717) is 27.8 Å². The molecule has 29 heavy (non-hydrogen) atoms. The van der Waals surface area contributed by atoms with Crippen LogP contribution in [0.2, 0.25) is 5.32 Å². The second-order valence-electron chi connectivity index (χ2n) is 9.79. The van der Waals surface area contributed by atoms with Gasteiger partial charge in [0.15, 0.2) is 0 Å². The van der Waals surface area contributed by atoms with Gasteiger partial charge in [0.1, 0.15) is 0 Å². The Morgan fingerprint density at radius 1 is 1.03 bits per heavy atom. The van der Waals surface area contributed by atoms with Crippen molar-refractivity contribution in [1.82, 2.24) is 0 Å². The van der Waals surface area contributed by atoms with E-state index in [0.717, 1.165) is 17.3 Å². The van der Waals surface area contributed by atoms with Crippen LogP contribution in [-0.4, -0.2) is 38.1 Å². The van der Waals surface area contributed by atoms with Crippen LogP contribution in [0.5, 0.6) is 0 Å². The quantitative estimate of drug-likeness (QED) is 0.269. The zero-order valence-corrected chi connectivity index (χ0v) is 20.3. The summed E-state index contributed by atoms with van der Waals surface area (Å²) in [5, 5.41) is 0.903. The summed E-state index contributed by atoms with van der Waals surface area (Å²) >= 11 is 0.293. The zero-order chi connectivity index (χ0) is 21.9. The van der Waals surface area contributed by atoms with Crippen LogP contribution in [0.3, 0.4) is 0 Å². The van der Waals surface area contributed by atoms with Crippen molar-refractivity contribution in [3.63, 3.8) is 0 Å². The van der Waals surface area contributed by atoms with Crippen molar-refractivity contribution in [3.8, 4) is 0 Å². The average molecular weight is 465 g/mol. The van der Waals surface area contributed by atoms with Gasteiger partial charge in [0.2, 0.25) is 0 Å². The molecule has 2 rings (SSSR count). The molecule has 1 fully saturated rings. The predicted molar refractivity (Wildman–Crippen MR) is 117 cm³/mol. The number of rotatable bonds is 6. The SMILES string of the molecule is C=C(C[Se]c1ccccc1)C1CCC(C(=O)OC(C)(C)C)(C(=O)OC(C)(C)C)C1. The summed E-state index contributed by atoms with van der Waals surface area (Å²) in [4.78, 5) is 26.2. The number of allylic oxidation sites excluding steroid dienone is 1. The Morgan fingerprint density at radius 2 is 1.55 bits per heavy atom. The number of esters is 2. The molecule has 1 saturated carbocycles. The van der Waals surface area contributed by atoms with Gasteiger partial charge < -0.3 is 0 Å². The Morgan fingerprint density at radius 3 is 2.03 bits per heavy atom. The van der Waals surface area contributed by atoms with E-state index in [1.807, 2.05) is 59.7 Å². The van der Waals surface area contributed by atoms with E-state index in [9.17, 15) is 9.59 Å². The van der Waals surface area contributed by atoms with Crippen molar-refractivity contribution in [2.24, 2.45) is 11.3 Å². The molecule has 0 amide bonds. The van der Waals surface area contributed by atoms with Crippen molar-refractivity contribution >= 4 is 31.4 Å². The predicted octanol–water partition coefficient (Wildman–Crippen LogP) is 4.46. The fraction of sp³-hybridized carbons (Fsp3) is 0.583. The van der Waals surface area contributed by atoms with E-state index in [2.05, 4.69) is 18.7 Å².